The van der Waals surface area contributed by atoms with Crippen molar-refractivity contribution in [3.05, 3.63) is 0 Å². The summed E-state index contributed by atoms with van der Waals surface area (Å²) in [6.07, 6.45) is 0. The van der Waals surface area contributed by atoms with Crippen molar-refractivity contribution in [2.24, 2.45) is 5.41 Å². The first-order valence-corrected chi connectivity index (χ1v) is 15.5. The standard InChI is InChI=1S/C12H30NPSSi2/c1-11(12(2,3)4)14(15)13(16(5,6)7)17(8,9)10/h1-10H3. The second-order valence-corrected chi connectivity index (χ2v) is 21.2. The maximum absolute atomic E-state index is 5.95. The lowest BCUT2D eigenvalue weighted by molar-refractivity contribution is 0.597. The highest BCUT2D eigenvalue weighted by molar-refractivity contribution is 8.04. The molecule has 0 aliphatic rings. The van der Waals surface area contributed by atoms with Gasteiger partial charge in [-0.15, -0.1) is 0 Å². The van der Waals surface area contributed by atoms with E-state index in [2.05, 4.69) is 71.0 Å². The zero-order valence-electron chi connectivity index (χ0n) is 13.3. The summed E-state index contributed by atoms with van der Waals surface area (Å²) in [6, 6.07) is 0. The maximum atomic E-state index is 5.95. The van der Waals surface area contributed by atoms with E-state index in [0.717, 1.165) is 0 Å². The van der Waals surface area contributed by atoms with Gasteiger partial charge in [0, 0.05) is 6.47 Å². The van der Waals surface area contributed by atoms with Crippen LogP contribution in [0.25, 0.3) is 0 Å². The Balaban J connectivity index is 5.79. The van der Waals surface area contributed by atoms with Crippen molar-refractivity contribution in [2.75, 3.05) is 0 Å². The summed E-state index contributed by atoms with van der Waals surface area (Å²) in [5.74, 6) is 0. The van der Waals surface area contributed by atoms with Crippen molar-refractivity contribution < 1.29 is 0 Å². The Bertz CT molecular complexity index is 338. The molecule has 0 N–H and O–H groups in total. The number of nitrogens with zero attached hydrogens (tertiary/aromatic N) is 1. The lowest BCUT2D eigenvalue weighted by atomic mass is 9.93. The van der Waals surface area contributed by atoms with Gasteiger partial charge in [-0.05, 0) is 29.4 Å². The van der Waals surface area contributed by atoms with Gasteiger partial charge in [-0.2, -0.15) is 0 Å². The molecule has 102 valence electrons. The van der Waals surface area contributed by atoms with Crippen LogP contribution in [-0.4, -0.2) is 25.8 Å². The molecule has 0 bridgehead atoms. The summed E-state index contributed by atoms with van der Waals surface area (Å²) in [4.78, 5) is 0. The molecule has 1 atom stereocenters. The fourth-order valence-electron chi connectivity index (χ4n) is 1.99. The third-order valence-electron chi connectivity index (χ3n) is 2.82. The monoisotopic (exact) mass is 307 g/mol. The lowest BCUT2D eigenvalue weighted by Crippen LogP contribution is -2.54. The van der Waals surface area contributed by atoms with E-state index in [1.165, 1.54) is 5.29 Å². The Hall–Kier alpha value is 0.784. The molecule has 0 saturated heterocycles. The van der Waals surface area contributed by atoms with Crippen LogP contribution in [0, 0.1) is 5.41 Å². The van der Waals surface area contributed by atoms with Crippen LogP contribution in [0.1, 0.15) is 27.7 Å². The lowest BCUT2D eigenvalue weighted by Gasteiger charge is -2.42. The minimum atomic E-state index is -1.33. The van der Waals surface area contributed by atoms with Crippen molar-refractivity contribution in [1.29, 1.82) is 0 Å². The second kappa shape index (κ2) is 5.42. The van der Waals surface area contributed by atoms with E-state index in [4.69, 9.17) is 11.8 Å². The largest absolute Gasteiger partial charge is 0.295 e. The van der Waals surface area contributed by atoms with E-state index in [9.17, 15) is 0 Å². The molecule has 5 heteroatoms. The van der Waals surface area contributed by atoms with Crippen LogP contribution in [0.15, 0.2) is 0 Å². The van der Waals surface area contributed by atoms with Crippen LogP contribution in [-0.2, 0) is 11.8 Å². The molecule has 0 aromatic carbocycles. The fourth-order valence-corrected chi connectivity index (χ4v) is 21.4. The normalized spacial score (nSPS) is 16.2. The first kappa shape index (κ1) is 17.8. The molecule has 0 radical (unpaired) electrons. The highest BCUT2D eigenvalue weighted by Gasteiger charge is 2.36. The summed E-state index contributed by atoms with van der Waals surface area (Å²) in [6.45, 7) is 23.2. The predicted molar refractivity (Wildman–Crippen MR) is 93.0 cm³/mol. The molecular weight excluding hydrogens is 277 g/mol. The van der Waals surface area contributed by atoms with Crippen molar-refractivity contribution in [3.8, 4) is 0 Å². The third kappa shape index (κ3) is 5.11. The topological polar surface area (TPSA) is 3.24 Å². The van der Waals surface area contributed by atoms with Crippen LogP contribution < -0.4 is 0 Å². The van der Waals surface area contributed by atoms with Gasteiger partial charge in [0.1, 0.15) is 16.5 Å². The number of rotatable bonds is 3. The van der Waals surface area contributed by atoms with E-state index in [-0.39, 0.29) is 5.41 Å². The molecule has 1 unspecified atom stereocenters. The molecule has 0 aliphatic heterocycles. The quantitative estimate of drug-likeness (QED) is 0.530. The summed E-state index contributed by atoms with van der Waals surface area (Å²) in [5, 5.41) is 1.51. The second-order valence-electron chi connectivity index (χ2n) is 7.76. The molecule has 0 aliphatic carbocycles. The van der Waals surface area contributed by atoms with Crippen molar-refractivity contribution in [3.63, 3.8) is 0 Å². The Kier molecular flexibility index (Phi) is 5.67. The van der Waals surface area contributed by atoms with Gasteiger partial charge in [0.15, 0.2) is 0 Å². The molecule has 0 rings (SSSR count). The Morgan fingerprint density at radius 3 is 1.41 bits per heavy atom. The molecular formula is C12H30NPSSi2. The Labute approximate surface area is 116 Å². The fraction of sp³-hybridized carbons (Fsp3) is 0.917. The minimum Gasteiger partial charge on any atom is -0.295 e. The van der Waals surface area contributed by atoms with Gasteiger partial charge in [0.25, 0.3) is 0 Å². The van der Waals surface area contributed by atoms with Gasteiger partial charge in [0.05, 0.1) is 0 Å². The maximum Gasteiger partial charge on any atom is 0.121 e. The van der Waals surface area contributed by atoms with E-state index in [1.807, 2.05) is 0 Å². The van der Waals surface area contributed by atoms with E-state index >= 15 is 0 Å². The number of hydrogen-bond acceptors (Lipinski definition) is 1. The first-order chi connectivity index (χ1) is 7.19. The minimum absolute atomic E-state index is 0.241. The van der Waals surface area contributed by atoms with Gasteiger partial charge >= 0.3 is 0 Å². The smallest absolute Gasteiger partial charge is 0.121 e. The van der Waals surface area contributed by atoms with Gasteiger partial charge in [-0.3, -0.25) is 4.00 Å². The highest BCUT2D eigenvalue weighted by Crippen LogP contribution is 2.36. The van der Waals surface area contributed by atoms with Crippen molar-refractivity contribution in [2.45, 2.75) is 67.0 Å². The molecule has 0 saturated carbocycles. The van der Waals surface area contributed by atoms with Gasteiger partial charge in [-0.25, -0.2) is 0 Å². The Morgan fingerprint density at radius 2 is 1.24 bits per heavy atom. The zero-order valence-corrected chi connectivity index (χ0v) is 17.0. The molecule has 0 aromatic rings. The van der Waals surface area contributed by atoms with Crippen LogP contribution in [0.2, 0.25) is 39.3 Å². The first-order valence-electron chi connectivity index (χ1n) is 6.30. The number of hydrogen-bond donors (Lipinski definition) is 0. The van der Waals surface area contributed by atoms with Gasteiger partial charge in [0.2, 0.25) is 0 Å². The summed E-state index contributed by atoms with van der Waals surface area (Å²) < 4.78 is 2.78. The summed E-state index contributed by atoms with van der Waals surface area (Å²) >= 11 is 5.95. The molecule has 0 fully saturated rings. The summed E-state index contributed by atoms with van der Waals surface area (Å²) in [7, 11) is -2.66. The van der Waals surface area contributed by atoms with Gasteiger partial charge < -0.3 is 0 Å². The third-order valence-corrected chi connectivity index (χ3v) is 18.0. The zero-order chi connectivity index (χ0) is 14.2. The average Bonchev–Trinajstić information content (AvgIpc) is 1.94. The van der Waals surface area contributed by atoms with Crippen LogP contribution >= 0.6 is 6.47 Å². The van der Waals surface area contributed by atoms with Gasteiger partial charge in [-0.1, -0.05) is 60.1 Å². The molecule has 17 heavy (non-hydrogen) atoms. The van der Waals surface area contributed by atoms with Crippen LogP contribution in [0.5, 0.6) is 0 Å². The summed E-state index contributed by atoms with van der Waals surface area (Å²) in [5.41, 5.74) is 0.241. The highest BCUT2D eigenvalue weighted by atomic mass is 32.4. The molecule has 0 aromatic heterocycles. The van der Waals surface area contributed by atoms with Crippen LogP contribution in [0.3, 0.4) is 0 Å². The van der Waals surface area contributed by atoms with Crippen molar-refractivity contribution >= 4 is 40.0 Å². The Morgan fingerprint density at radius 1 is 0.941 bits per heavy atom. The van der Waals surface area contributed by atoms with Crippen molar-refractivity contribution in [1.82, 2.24) is 4.00 Å². The SMILES string of the molecule is C/C(=P(=S)/N([Si](C)(C)C)[Si](C)(C)C)C(C)(C)C. The average molecular weight is 308 g/mol. The molecule has 0 spiro atoms. The van der Waals surface area contributed by atoms with E-state index in [1.54, 1.807) is 0 Å². The molecule has 1 nitrogen and oxygen atoms in total. The van der Waals surface area contributed by atoms with E-state index in [0.29, 0.717) is 0 Å². The predicted octanol–water partition coefficient (Wildman–Crippen LogP) is 5.06. The molecule has 0 amide bonds. The van der Waals surface area contributed by atoms with E-state index < -0.39 is 22.9 Å². The van der Waals surface area contributed by atoms with Crippen LogP contribution in [0.4, 0.5) is 0 Å². The molecule has 0 heterocycles.